The summed E-state index contributed by atoms with van der Waals surface area (Å²) in [4.78, 5) is 11.3. The molecule has 1 fully saturated rings. The molecule has 0 N–H and O–H groups in total. The van der Waals surface area contributed by atoms with Crippen LogP contribution in [0.15, 0.2) is 53.7 Å². The molecule has 146 valence electrons. The highest BCUT2D eigenvalue weighted by atomic mass is 35.5. The molecule has 0 amide bonds. The van der Waals surface area contributed by atoms with E-state index in [1.54, 1.807) is 23.0 Å². The first-order chi connectivity index (χ1) is 13.4. The van der Waals surface area contributed by atoms with Gasteiger partial charge in [0.1, 0.15) is 11.6 Å². The Balaban J connectivity index is 1.51. The van der Waals surface area contributed by atoms with Crippen LogP contribution in [0, 0.1) is 6.92 Å². The van der Waals surface area contributed by atoms with Gasteiger partial charge >= 0.3 is 0 Å². The molecule has 0 aliphatic carbocycles. The minimum Gasteiger partial charge on any atom is -0.354 e. The van der Waals surface area contributed by atoms with E-state index >= 15 is 0 Å². The number of nitrogens with zero attached hydrogens (tertiary/aromatic N) is 6. The van der Waals surface area contributed by atoms with E-state index in [0.717, 1.165) is 5.82 Å². The minimum atomic E-state index is -3.54. The Hall–Kier alpha value is -2.49. The Kier molecular flexibility index (Phi) is 5.05. The fraction of sp³-hybridized carbons (Fsp3) is 0.278. The quantitative estimate of drug-likeness (QED) is 0.645. The van der Waals surface area contributed by atoms with Crippen molar-refractivity contribution in [2.75, 3.05) is 31.1 Å². The van der Waals surface area contributed by atoms with Crippen molar-refractivity contribution in [3.8, 4) is 5.82 Å². The molecule has 1 aromatic carbocycles. The van der Waals surface area contributed by atoms with Crippen molar-refractivity contribution in [1.82, 2.24) is 24.1 Å². The van der Waals surface area contributed by atoms with Crippen LogP contribution in [0.3, 0.4) is 0 Å². The van der Waals surface area contributed by atoms with Crippen molar-refractivity contribution >= 4 is 27.4 Å². The van der Waals surface area contributed by atoms with Gasteiger partial charge in [0.05, 0.1) is 4.90 Å². The highest BCUT2D eigenvalue weighted by molar-refractivity contribution is 7.89. The predicted molar refractivity (Wildman–Crippen MR) is 106 cm³/mol. The standard InChI is InChI=1S/C18H19ClN6O2S/c1-14-21-17(13-18(22-14)25-8-2-7-20-25)23-9-11-24(12-10-23)28(26,27)16-5-3-15(19)4-6-16/h2-8,13H,9-12H2,1H3. The van der Waals surface area contributed by atoms with Crippen LogP contribution in [0.5, 0.6) is 0 Å². The van der Waals surface area contributed by atoms with Gasteiger partial charge in [-0.15, -0.1) is 0 Å². The molecule has 3 heterocycles. The molecule has 8 nitrogen and oxygen atoms in total. The van der Waals surface area contributed by atoms with Crippen LogP contribution in [0.4, 0.5) is 5.82 Å². The average molecular weight is 419 g/mol. The molecule has 0 unspecified atom stereocenters. The monoisotopic (exact) mass is 418 g/mol. The van der Waals surface area contributed by atoms with Crippen LogP contribution < -0.4 is 4.90 Å². The summed E-state index contributed by atoms with van der Waals surface area (Å²) >= 11 is 5.86. The first-order valence-corrected chi connectivity index (χ1v) is 10.6. The second-order valence-electron chi connectivity index (χ2n) is 6.43. The second kappa shape index (κ2) is 7.50. The van der Waals surface area contributed by atoms with Crippen molar-refractivity contribution in [2.24, 2.45) is 0 Å². The molecule has 3 aromatic rings. The SMILES string of the molecule is Cc1nc(N2CCN(S(=O)(=O)c3ccc(Cl)cc3)CC2)cc(-n2cccn2)n1. The Bertz CT molecular complexity index is 1060. The first-order valence-electron chi connectivity index (χ1n) is 8.80. The normalized spacial score (nSPS) is 15.7. The highest BCUT2D eigenvalue weighted by Gasteiger charge is 2.29. The maximum atomic E-state index is 12.8. The molecule has 0 radical (unpaired) electrons. The lowest BCUT2D eigenvalue weighted by molar-refractivity contribution is 0.383. The van der Waals surface area contributed by atoms with Crippen molar-refractivity contribution in [1.29, 1.82) is 0 Å². The van der Waals surface area contributed by atoms with E-state index in [2.05, 4.69) is 20.0 Å². The number of halogens is 1. The van der Waals surface area contributed by atoms with Gasteiger partial charge in [0, 0.05) is 49.7 Å². The topological polar surface area (TPSA) is 84.2 Å². The molecule has 1 aliphatic rings. The van der Waals surface area contributed by atoms with Gasteiger partial charge < -0.3 is 4.90 Å². The van der Waals surface area contributed by atoms with Gasteiger partial charge in [0.15, 0.2) is 5.82 Å². The molecule has 0 saturated carbocycles. The maximum Gasteiger partial charge on any atom is 0.243 e. The Morgan fingerprint density at radius 2 is 1.68 bits per heavy atom. The zero-order valence-electron chi connectivity index (χ0n) is 15.2. The maximum absolute atomic E-state index is 12.8. The molecule has 1 saturated heterocycles. The van der Waals surface area contributed by atoms with Crippen molar-refractivity contribution in [2.45, 2.75) is 11.8 Å². The smallest absolute Gasteiger partial charge is 0.243 e. The van der Waals surface area contributed by atoms with E-state index in [4.69, 9.17) is 11.6 Å². The molecular weight excluding hydrogens is 400 g/mol. The number of aryl methyl sites for hydroxylation is 1. The first kappa shape index (κ1) is 18.9. The largest absolute Gasteiger partial charge is 0.354 e. The van der Waals surface area contributed by atoms with Gasteiger partial charge in [-0.3, -0.25) is 0 Å². The van der Waals surface area contributed by atoms with E-state index in [1.807, 2.05) is 25.3 Å². The van der Waals surface area contributed by atoms with Gasteiger partial charge in [-0.2, -0.15) is 9.40 Å². The van der Waals surface area contributed by atoms with Crippen molar-refractivity contribution in [3.63, 3.8) is 0 Å². The molecule has 0 atom stereocenters. The average Bonchev–Trinajstić information content (AvgIpc) is 3.23. The fourth-order valence-electron chi connectivity index (χ4n) is 3.13. The summed E-state index contributed by atoms with van der Waals surface area (Å²) in [7, 11) is -3.54. The van der Waals surface area contributed by atoms with E-state index in [-0.39, 0.29) is 4.90 Å². The molecule has 10 heteroatoms. The van der Waals surface area contributed by atoms with Crippen LogP contribution >= 0.6 is 11.6 Å². The summed E-state index contributed by atoms with van der Waals surface area (Å²) in [5.41, 5.74) is 0. The summed E-state index contributed by atoms with van der Waals surface area (Å²) < 4.78 is 28.8. The molecule has 0 spiro atoms. The van der Waals surface area contributed by atoms with Crippen LogP contribution in [0.1, 0.15) is 5.82 Å². The number of piperazine rings is 1. The third-order valence-corrected chi connectivity index (χ3v) is 6.73. The van der Waals surface area contributed by atoms with Crippen LogP contribution in [0.25, 0.3) is 5.82 Å². The summed E-state index contributed by atoms with van der Waals surface area (Å²) in [6.45, 7) is 3.68. The Morgan fingerprint density at radius 1 is 1.00 bits per heavy atom. The lowest BCUT2D eigenvalue weighted by Crippen LogP contribution is -2.49. The zero-order valence-corrected chi connectivity index (χ0v) is 16.8. The molecule has 4 rings (SSSR count). The number of aromatic nitrogens is 4. The molecule has 28 heavy (non-hydrogen) atoms. The second-order valence-corrected chi connectivity index (χ2v) is 8.80. The molecule has 0 bridgehead atoms. The molecular formula is C18H19ClN6O2S. The number of hydrogen-bond donors (Lipinski definition) is 0. The summed E-state index contributed by atoms with van der Waals surface area (Å²) in [5, 5.41) is 4.72. The van der Waals surface area contributed by atoms with Gasteiger partial charge in [-0.25, -0.2) is 23.1 Å². The number of hydrogen-bond acceptors (Lipinski definition) is 6. The van der Waals surface area contributed by atoms with Gasteiger partial charge in [-0.05, 0) is 37.3 Å². The molecule has 1 aliphatic heterocycles. The molecule has 2 aromatic heterocycles. The number of anilines is 1. The lowest BCUT2D eigenvalue weighted by atomic mass is 10.3. The fourth-order valence-corrected chi connectivity index (χ4v) is 4.68. The summed E-state index contributed by atoms with van der Waals surface area (Å²) in [5.74, 6) is 2.09. The van der Waals surface area contributed by atoms with Crippen LogP contribution in [0.2, 0.25) is 5.02 Å². The third-order valence-electron chi connectivity index (χ3n) is 4.56. The van der Waals surface area contributed by atoms with E-state index in [1.165, 1.54) is 16.4 Å². The third kappa shape index (κ3) is 3.73. The van der Waals surface area contributed by atoms with E-state index in [9.17, 15) is 8.42 Å². The van der Waals surface area contributed by atoms with E-state index in [0.29, 0.717) is 42.8 Å². The van der Waals surface area contributed by atoms with Gasteiger partial charge in [0.2, 0.25) is 10.0 Å². The van der Waals surface area contributed by atoms with Gasteiger partial charge in [0.25, 0.3) is 0 Å². The number of benzene rings is 1. The Morgan fingerprint density at radius 3 is 2.32 bits per heavy atom. The summed E-state index contributed by atoms with van der Waals surface area (Å²) in [6, 6.07) is 9.94. The van der Waals surface area contributed by atoms with Gasteiger partial charge in [-0.1, -0.05) is 11.6 Å². The van der Waals surface area contributed by atoms with Crippen LogP contribution in [-0.4, -0.2) is 58.7 Å². The predicted octanol–water partition coefficient (Wildman–Crippen LogP) is 2.14. The zero-order chi connectivity index (χ0) is 19.7. The van der Waals surface area contributed by atoms with Crippen molar-refractivity contribution < 1.29 is 8.42 Å². The number of rotatable bonds is 4. The Labute approximate surface area is 168 Å². The number of sulfonamides is 1. The minimum absolute atomic E-state index is 0.254. The highest BCUT2D eigenvalue weighted by Crippen LogP contribution is 2.22. The lowest BCUT2D eigenvalue weighted by Gasteiger charge is -2.34. The van der Waals surface area contributed by atoms with Crippen LogP contribution in [-0.2, 0) is 10.0 Å². The van der Waals surface area contributed by atoms with Crippen molar-refractivity contribution in [3.05, 3.63) is 59.6 Å². The van der Waals surface area contributed by atoms with E-state index < -0.39 is 10.0 Å². The summed E-state index contributed by atoms with van der Waals surface area (Å²) in [6.07, 6.45) is 3.51.